The summed E-state index contributed by atoms with van der Waals surface area (Å²) >= 11 is 1.56. The van der Waals surface area contributed by atoms with Crippen LogP contribution in [0, 0.1) is 12.3 Å². The van der Waals surface area contributed by atoms with E-state index in [1.807, 2.05) is 50.2 Å². The minimum atomic E-state index is -4.70. The van der Waals surface area contributed by atoms with Crippen LogP contribution in [-0.4, -0.2) is 132 Å². The van der Waals surface area contributed by atoms with E-state index in [1.54, 1.807) is 62.1 Å². The van der Waals surface area contributed by atoms with E-state index in [9.17, 15) is 32.7 Å². The fourth-order valence-electron chi connectivity index (χ4n) is 8.09. The summed E-state index contributed by atoms with van der Waals surface area (Å²) in [5.74, 6) is -1.95. The third-order valence-electron chi connectivity index (χ3n) is 11.8. The largest absolute Gasteiger partial charge is 0.475 e. The van der Waals surface area contributed by atoms with Crippen molar-refractivity contribution in [2.75, 3.05) is 66.0 Å². The van der Waals surface area contributed by atoms with Crippen molar-refractivity contribution in [3.8, 4) is 27.4 Å². The maximum absolute atomic E-state index is 14.1. The number of aromatic nitrogens is 4. The predicted octanol–water partition coefficient (Wildman–Crippen LogP) is 7.04. The van der Waals surface area contributed by atoms with Crippen LogP contribution in [0.2, 0.25) is 0 Å². The number of amides is 3. The van der Waals surface area contributed by atoms with Crippen molar-refractivity contribution < 1.29 is 56.3 Å². The van der Waals surface area contributed by atoms with Crippen molar-refractivity contribution >= 4 is 50.9 Å². The number of nitrogens with one attached hydrogen (secondary N) is 3. The summed E-state index contributed by atoms with van der Waals surface area (Å²) in [5.41, 5.74) is 5.41. The Morgan fingerprint density at radius 1 is 0.829 bits per heavy atom. The zero-order chi connectivity index (χ0) is 50.0. The molecule has 3 amide bonds. The highest BCUT2D eigenvalue weighted by molar-refractivity contribution is 7.13. The van der Waals surface area contributed by atoms with Gasteiger partial charge in [-0.05, 0) is 54.2 Å². The number of carbonyl (C=O) groups is 3. The minimum Gasteiger partial charge on any atom is -0.475 e. The van der Waals surface area contributed by atoms with Gasteiger partial charge in [0.1, 0.15) is 30.9 Å². The number of pyridine rings is 2. The Kier molecular flexibility index (Phi) is 17.2. The topological polar surface area (TPSA) is 199 Å². The van der Waals surface area contributed by atoms with Gasteiger partial charge in [0.25, 0.3) is 0 Å². The molecule has 16 nitrogen and oxygen atoms in total. The molecule has 2 aromatic carbocycles. The Bertz CT molecular complexity index is 2730. The van der Waals surface area contributed by atoms with E-state index in [-0.39, 0.29) is 84.0 Å². The number of halogens is 3. The molecule has 4 N–H and O–H groups in total. The first kappa shape index (κ1) is 51.8. The number of benzene rings is 2. The lowest BCUT2D eigenvalue weighted by Gasteiger charge is -2.35. The number of alkyl halides is 3. The van der Waals surface area contributed by atoms with Crippen LogP contribution in [0.5, 0.6) is 5.88 Å². The van der Waals surface area contributed by atoms with Crippen LogP contribution >= 0.6 is 11.3 Å². The molecule has 4 atom stereocenters. The summed E-state index contributed by atoms with van der Waals surface area (Å²) in [6, 6.07) is 13.8. The van der Waals surface area contributed by atoms with Crippen molar-refractivity contribution in [1.29, 1.82) is 0 Å². The predicted molar refractivity (Wildman–Crippen MR) is 257 cm³/mol. The van der Waals surface area contributed by atoms with E-state index in [2.05, 4.69) is 30.6 Å². The Labute approximate surface area is 407 Å². The van der Waals surface area contributed by atoms with Crippen molar-refractivity contribution in [1.82, 2.24) is 35.5 Å². The van der Waals surface area contributed by atoms with E-state index >= 15 is 0 Å². The average molecular weight is 990 g/mol. The Morgan fingerprint density at radius 2 is 1.50 bits per heavy atom. The number of nitrogens with zero attached hydrogens (tertiary/aromatic N) is 4. The van der Waals surface area contributed by atoms with Crippen molar-refractivity contribution in [2.24, 2.45) is 5.41 Å². The molecule has 1 aliphatic rings. The summed E-state index contributed by atoms with van der Waals surface area (Å²) in [5, 5.41) is 18.2. The molecule has 0 saturated carbocycles. The molecule has 0 spiro atoms. The van der Waals surface area contributed by atoms with E-state index in [1.165, 1.54) is 11.1 Å². The molecule has 20 heteroatoms. The van der Waals surface area contributed by atoms with Crippen LogP contribution in [0.15, 0.2) is 78.7 Å². The number of hydrogen-bond acceptors (Lipinski definition) is 13. The number of likely N-dealkylation sites (tertiary alicyclic amines) is 1. The molecule has 4 aromatic heterocycles. The van der Waals surface area contributed by atoms with Gasteiger partial charge < -0.3 is 49.3 Å². The van der Waals surface area contributed by atoms with Crippen molar-refractivity contribution in [2.45, 2.75) is 71.4 Å². The summed E-state index contributed by atoms with van der Waals surface area (Å²) in [7, 11) is 0. The summed E-state index contributed by atoms with van der Waals surface area (Å²) in [6.07, 6.45) is -0.797. The molecular formula is C50H58F3N7O9S. The third kappa shape index (κ3) is 13.2. The smallest absolute Gasteiger partial charge is 0.421 e. The minimum absolute atomic E-state index is 0.00599. The van der Waals surface area contributed by atoms with E-state index < -0.39 is 58.9 Å². The molecule has 0 aliphatic carbocycles. The molecule has 1 fully saturated rings. The molecule has 70 heavy (non-hydrogen) atoms. The van der Waals surface area contributed by atoms with Gasteiger partial charge in [-0.3, -0.25) is 19.4 Å². The SMILES string of the molecule is Cc1ncsc1-c1ccc([C@H](C)NC(=O)C2C[C@@H](O)CN2C(=O)[C@@H](NC(=O)COCCOCCOCCOCCOc2ncc(-c3ccc4c(c3)[nH]c3ccncc34)cc2C(F)(F)F)C(C)(C)C)cc1. The molecule has 1 unspecified atom stereocenters. The number of ether oxygens (including phenoxy) is 5. The van der Waals surface area contributed by atoms with Crippen LogP contribution in [0.4, 0.5) is 13.2 Å². The van der Waals surface area contributed by atoms with Gasteiger partial charge in [-0.25, -0.2) is 9.97 Å². The molecule has 6 aromatic rings. The second-order valence-electron chi connectivity index (χ2n) is 18.0. The first-order valence-corrected chi connectivity index (χ1v) is 23.8. The molecule has 5 heterocycles. The lowest BCUT2D eigenvalue weighted by Crippen LogP contribution is -2.58. The summed E-state index contributed by atoms with van der Waals surface area (Å²) < 4.78 is 69.5. The third-order valence-corrected chi connectivity index (χ3v) is 12.7. The molecule has 0 radical (unpaired) electrons. The van der Waals surface area contributed by atoms with Crippen LogP contribution in [0.3, 0.4) is 0 Å². The molecule has 7 rings (SSSR count). The number of fused-ring (bicyclic) bond motifs is 3. The second-order valence-corrected chi connectivity index (χ2v) is 18.9. The number of aliphatic hydroxyl groups is 1. The Morgan fingerprint density at radius 3 is 2.16 bits per heavy atom. The van der Waals surface area contributed by atoms with Gasteiger partial charge >= 0.3 is 6.18 Å². The van der Waals surface area contributed by atoms with Crippen LogP contribution in [-0.2, 0) is 39.5 Å². The number of hydrogen-bond donors (Lipinski definition) is 4. The van der Waals surface area contributed by atoms with Gasteiger partial charge in [-0.15, -0.1) is 11.3 Å². The van der Waals surface area contributed by atoms with Crippen LogP contribution in [0.25, 0.3) is 43.4 Å². The van der Waals surface area contributed by atoms with Crippen molar-refractivity contribution in [3.05, 3.63) is 95.5 Å². The maximum atomic E-state index is 14.1. The monoisotopic (exact) mass is 989 g/mol. The van der Waals surface area contributed by atoms with Crippen LogP contribution in [0.1, 0.15) is 57.0 Å². The van der Waals surface area contributed by atoms with Gasteiger partial charge in [0.05, 0.1) is 74.5 Å². The fourth-order valence-corrected chi connectivity index (χ4v) is 8.91. The van der Waals surface area contributed by atoms with Gasteiger partial charge in [-0.1, -0.05) is 57.2 Å². The quantitative estimate of drug-likeness (QED) is 0.0507. The number of aliphatic hydroxyl groups excluding tert-OH is 1. The summed E-state index contributed by atoms with van der Waals surface area (Å²) in [4.78, 5) is 58.7. The molecular weight excluding hydrogens is 932 g/mol. The average Bonchev–Trinajstić information content (AvgIpc) is 4.05. The highest BCUT2D eigenvalue weighted by Crippen LogP contribution is 2.38. The van der Waals surface area contributed by atoms with E-state index in [0.717, 1.165) is 49.6 Å². The fraction of sp³-hybridized carbons (Fsp3) is 0.440. The number of H-pyrrole nitrogens is 1. The molecule has 1 aliphatic heterocycles. The number of rotatable bonds is 22. The molecule has 0 bridgehead atoms. The lowest BCUT2D eigenvalue weighted by atomic mass is 9.85. The Balaban J connectivity index is 0.758. The van der Waals surface area contributed by atoms with Gasteiger partial charge in [0, 0.05) is 58.9 Å². The normalized spacial score (nSPS) is 16.2. The summed E-state index contributed by atoms with van der Waals surface area (Å²) in [6.45, 7) is 9.74. The van der Waals surface area contributed by atoms with Gasteiger partial charge in [0.15, 0.2) is 0 Å². The molecule has 374 valence electrons. The van der Waals surface area contributed by atoms with Crippen LogP contribution < -0.4 is 15.4 Å². The standard InChI is InChI=1S/C50H58F3N7O9S/c1-30(32-6-8-33(9-7-32)44-31(2)56-29-70-44)57-46(63)42-24-36(61)27-60(42)48(64)45(49(3,4)5)59-43(62)28-68-19-18-66-15-14-65-16-17-67-20-21-69-47-39(50(51,52)53)22-35(25-55-47)34-10-11-37-38-26-54-13-12-40(38)58-41(37)23-34/h6-13,22-23,25-26,29-30,36,42,45,58,61H,14-21,24,27-28H2,1-5H3,(H,57,63)(H,59,62)/t30-,36+,42?,45+/m0/s1. The number of β-amino-alcohol motifs (C(OH)–C–C–N with tert-alkyl or cyclic N) is 1. The number of thiazole rings is 1. The lowest BCUT2D eigenvalue weighted by molar-refractivity contribution is -0.144. The zero-order valence-electron chi connectivity index (χ0n) is 39.6. The second kappa shape index (κ2) is 23.3. The number of carbonyl (C=O) groups excluding carboxylic acids is 3. The zero-order valence-corrected chi connectivity index (χ0v) is 40.5. The van der Waals surface area contributed by atoms with Gasteiger partial charge in [-0.2, -0.15) is 13.2 Å². The number of aromatic amines is 1. The van der Waals surface area contributed by atoms with E-state index in [4.69, 9.17) is 23.7 Å². The Hall–Kier alpha value is -6.03. The highest BCUT2D eigenvalue weighted by atomic mass is 32.1. The van der Waals surface area contributed by atoms with Crippen molar-refractivity contribution in [3.63, 3.8) is 0 Å². The van der Waals surface area contributed by atoms with Gasteiger partial charge in [0.2, 0.25) is 23.6 Å². The molecule has 1 saturated heterocycles. The van der Waals surface area contributed by atoms with E-state index in [0.29, 0.717) is 5.56 Å². The maximum Gasteiger partial charge on any atom is 0.421 e. The number of aryl methyl sites for hydroxylation is 1. The first-order chi connectivity index (χ1) is 33.5. The highest BCUT2D eigenvalue weighted by Gasteiger charge is 2.45. The first-order valence-electron chi connectivity index (χ1n) is 22.9.